The van der Waals surface area contributed by atoms with E-state index in [0.29, 0.717) is 13.0 Å². The lowest BCUT2D eigenvalue weighted by atomic mass is 10.2. The summed E-state index contributed by atoms with van der Waals surface area (Å²) in [5.74, 6) is 1.07. The van der Waals surface area contributed by atoms with Crippen molar-refractivity contribution in [1.29, 1.82) is 0 Å². The number of aliphatic hydroxyl groups is 1. The highest BCUT2D eigenvalue weighted by Crippen LogP contribution is 2.12. The van der Waals surface area contributed by atoms with Crippen LogP contribution in [-0.2, 0) is 17.8 Å². The van der Waals surface area contributed by atoms with Crippen molar-refractivity contribution in [2.45, 2.75) is 46.6 Å². The Bertz CT molecular complexity index is 369. The molecule has 0 saturated heterocycles. The van der Waals surface area contributed by atoms with Gasteiger partial charge in [-0.15, -0.1) is 0 Å². The van der Waals surface area contributed by atoms with Crippen LogP contribution in [0.25, 0.3) is 0 Å². The first-order chi connectivity index (χ1) is 7.60. The van der Waals surface area contributed by atoms with Crippen LogP contribution in [0.3, 0.4) is 0 Å². The number of hydrogen-bond donors (Lipinski definition) is 1. The van der Waals surface area contributed by atoms with Crippen LogP contribution < -0.4 is 0 Å². The average molecular weight is 224 g/mol. The summed E-state index contributed by atoms with van der Waals surface area (Å²) in [6, 6.07) is 0. The number of Topliss-reactive ketones (excluding diaryl/α,β-unsaturated/α-hetero) is 1. The molecule has 0 spiro atoms. The normalized spacial score (nSPS) is 10.8. The molecule has 0 fully saturated rings. The third kappa shape index (κ3) is 2.92. The Balaban J connectivity index is 2.69. The minimum Gasteiger partial charge on any atom is -0.396 e. The van der Waals surface area contributed by atoms with Gasteiger partial charge in [0.05, 0.1) is 5.69 Å². The number of aromatic nitrogens is 2. The van der Waals surface area contributed by atoms with Gasteiger partial charge in [0.2, 0.25) is 0 Å². The molecule has 0 amide bonds. The van der Waals surface area contributed by atoms with Crippen molar-refractivity contribution in [2.75, 3.05) is 6.61 Å². The first kappa shape index (κ1) is 12.9. The Kier molecular flexibility index (Phi) is 4.68. The largest absolute Gasteiger partial charge is 0.396 e. The zero-order valence-electron chi connectivity index (χ0n) is 10.3. The Morgan fingerprint density at radius 2 is 2.06 bits per heavy atom. The van der Waals surface area contributed by atoms with Gasteiger partial charge in [-0.25, -0.2) is 4.98 Å². The molecule has 1 rings (SSSR count). The number of imidazole rings is 1. The van der Waals surface area contributed by atoms with Crippen molar-refractivity contribution >= 4 is 5.78 Å². The highest BCUT2D eigenvalue weighted by atomic mass is 16.3. The number of aryl methyl sites for hydroxylation is 2. The maximum Gasteiger partial charge on any atom is 0.136 e. The van der Waals surface area contributed by atoms with Gasteiger partial charge in [-0.05, 0) is 20.3 Å². The summed E-state index contributed by atoms with van der Waals surface area (Å²) >= 11 is 0. The minimum atomic E-state index is -0.0542. The highest BCUT2D eigenvalue weighted by molar-refractivity contribution is 5.78. The molecule has 0 unspecified atom stereocenters. The lowest BCUT2D eigenvalue weighted by molar-refractivity contribution is -0.119. The zero-order chi connectivity index (χ0) is 12.1. The van der Waals surface area contributed by atoms with Gasteiger partial charge in [0.25, 0.3) is 0 Å². The van der Waals surface area contributed by atoms with Gasteiger partial charge in [0.1, 0.15) is 11.6 Å². The van der Waals surface area contributed by atoms with Crippen molar-refractivity contribution in [3.63, 3.8) is 0 Å². The molecule has 1 aromatic heterocycles. The van der Waals surface area contributed by atoms with Crippen molar-refractivity contribution in [2.24, 2.45) is 0 Å². The van der Waals surface area contributed by atoms with E-state index < -0.39 is 0 Å². The summed E-state index contributed by atoms with van der Waals surface area (Å²) in [7, 11) is 0. The highest BCUT2D eigenvalue weighted by Gasteiger charge is 2.10. The van der Waals surface area contributed by atoms with Crippen LogP contribution in [0, 0.1) is 13.8 Å². The van der Waals surface area contributed by atoms with E-state index in [4.69, 9.17) is 5.11 Å². The minimum absolute atomic E-state index is 0.0542. The number of ketones is 1. The number of hydrogen-bond acceptors (Lipinski definition) is 3. The topological polar surface area (TPSA) is 55.1 Å². The molecule has 1 heterocycles. The number of nitrogens with zero attached hydrogens (tertiary/aromatic N) is 2. The summed E-state index contributed by atoms with van der Waals surface area (Å²) in [5, 5.41) is 8.65. The van der Waals surface area contributed by atoms with Crippen LogP contribution in [0.1, 0.15) is 37.0 Å². The van der Waals surface area contributed by atoms with Crippen molar-refractivity contribution in [1.82, 2.24) is 9.55 Å². The van der Waals surface area contributed by atoms with Crippen LogP contribution in [0.2, 0.25) is 0 Å². The molecule has 16 heavy (non-hydrogen) atoms. The molecule has 1 aromatic rings. The molecule has 0 aliphatic rings. The van der Waals surface area contributed by atoms with Gasteiger partial charge >= 0.3 is 0 Å². The number of rotatable bonds is 6. The summed E-state index contributed by atoms with van der Waals surface area (Å²) in [6.45, 7) is 6.67. The monoisotopic (exact) mass is 224 g/mol. The van der Waals surface area contributed by atoms with Crippen molar-refractivity contribution in [3.8, 4) is 0 Å². The molecular weight excluding hydrogens is 204 g/mol. The van der Waals surface area contributed by atoms with Crippen LogP contribution in [0.5, 0.6) is 0 Å². The fraction of sp³-hybridized carbons (Fsp3) is 0.667. The number of carbonyl (C=O) groups is 1. The quantitative estimate of drug-likeness (QED) is 0.794. The van der Waals surface area contributed by atoms with Gasteiger partial charge < -0.3 is 9.67 Å². The number of aliphatic hydroxyl groups excluding tert-OH is 1. The fourth-order valence-electron chi connectivity index (χ4n) is 1.99. The maximum atomic E-state index is 11.3. The van der Waals surface area contributed by atoms with Gasteiger partial charge in [0.15, 0.2) is 0 Å². The molecule has 4 nitrogen and oxygen atoms in total. The molecule has 0 radical (unpaired) electrons. The maximum absolute atomic E-state index is 11.3. The number of carbonyl (C=O) groups excluding carboxylic acids is 1. The molecule has 90 valence electrons. The van der Waals surface area contributed by atoms with E-state index in [1.807, 2.05) is 13.8 Å². The molecule has 0 aliphatic heterocycles. The standard InChI is InChI=1S/C12H20N2O2/c1-4-12-9(2)13-10(3)14(12)7-5-11(16)6-8-15/h15H,4-8H2,1-3H3. The van der Waals surface area contributed by atoms with Crippen molar-refractivity contribution in [3.05, 3.63) is 17.2 Å². The molecule has 4 heteroatoms. The Labute approximate surface area is 96.3 Å². The van der Waals surface area contributed by atoms with E-state index in [-0.39, 0.29) is 18.8 Å². The van der Waals surface area contributed by atoms with Crippen LogP contribution in [0.4, 0.5) is 0 Å². The molecular formula is C12H20N2O2. The third-order valence-electron chi connectivity index (χ3n) is 2.80. The van der Waals surface area contributed by atoms with E-state index in [1.54, 1.807) is 0 Å². The second-order valence-corrected chi connectivity index (χ2v) is 3.96. The molecule has 0 saturated carbocycles. The van der Waals surface area contributed by atoms with Gasteiger partial charge in [0, 0.05) is 31.7 Å². The molecule has 1 N–H and O–H groups in total. The average Bonchev–Trinajstić information content (AvgIpc) is 2.50. The predicted molar refractivity (Wildman–Crippen MR) is 62.4 cm³/mol. The fourth-order valence-corrected chi connectivity index (χ4v) is 1.99. The van der Waals surface area contributed by atoms with E-state index >= 15 is 0 Å². The summed E-state index contributed by atoms with van der Waals surface area (Å²) in [5.41, 5.74) is 2.25. The molecule has 0 atom stereocenters. The van der Waals surface area contributed by atoms with Gasteiger partial charge in [-0.3, -0.25) is 4.79 Å². The van der Waals surface area contributed by atoms with E-state index in [1.165, 1.54) is 5.69 Å². The van der Waals surface area contributed by atoms with Crippen LogP contribution >= 0.6 is 0 Å². The molecule has 0 aliphatic carbocycles. The third-order valence-corrected chi connectivity index (χ3v) is 2.80. The Hall–Kier alpha value is -1.16. The molecule has 0 aromatic carbocycles. The van der Waals surface area contributed by atoms with E-state index in [0.717, 1.165) is 17.9 Å². The molecule has 0 bridgehead atoms. The lowest BCUT2D eigenvalue weighted by Crippen LogP contribution is -2.10. The first-order valence-electron chi connectivity index (χ1n) is 5.75. The second kappa shape index (κ2) is 5.80. The van der Waals surface area contributed by atoms with Crippen LogP contribution in [-0.4, -0.2) is 27.0 Å². The Morgan fingerprint density at radius 1 is 1.38 bits per heavy atom. The summed E-state index contributed by atoms with van der Waals surface area (Å²) in [6.07, 6.45) is 1.67. The smallest absolute Gasteiger partial charge is 0.136 e. The second-order valence-electron chi connectivity index (χ2n) is 3.96. The van der Waals surface area contributed by atoms with Gasteiger partial charge in [-0.1, -0.05) is 6.92 Å². The van der Waals surface area contributed by atoms with Gasteiger partial charge in [-0.2, -0.15) is 0 Å². The summed E-state index contributed by atoms with van der Waals surface area (Å²) in [4.78, 5) is 15.7. The van der Waals surface area contributed by atoms with Crippen molar-refractivity contribution < 1.29 is 9.90 Å². The first-order valence-corrected chi connectivity index (χ1v) is 5.75. The van der Waals surface area contributed by atoms with E-state index in [9.17, 15) is 4.79 Å². The Morgan fingerprint density at radius 3 is 2.62 bits per heavy atom. The van der Waals surface area contributed by atoms with Crippen LogP contribution in [0.15, 0.2) is 0 Å². The lowest BCUT2D eigenvalue weighted by Gasteiger charge is -2.08. The predicted octanol–water partition coefficient (Wildman–Crippen LogP) is 1.40. The SMILES string of the molecule is CCc1c(C)nc(C)n1CCC(=O)CCO. The summed E-state index contributed by atoms with van der Waals surface area (Å²) < 4.78 is 2.10. The zero-order valence-corrected chi connectivity index (χ0v) is 10.3. The van der Waals surface area contributed by atoms with E-state index in [2.05, 4.69) is 16.5 Å².